The van der Waals surface area contributed by atoms with Gasteiger partial charge in [0.25, 0.3) is 0 Å². The van der Waals surface area contributed by atoms with Crippen molar-refractivity contribution in [2.75, 3.05) is 12.4 Å². The van der Waals surface area contributed by atoms with Gasteiger partial charge in [0.2, 0.25) is 0 Å². The zero-order valence-electron chi connectivity index (χ0n) is 12.0. The van der Waals surface area contributed by atoms with E-state index in [1.165, 1.54) is 5.56 Å². The smallest absolute Gasteiger partial charge is 0.119 e. The molecule has 2 aromatic rings. The van der Waals surface area contributed by atoms with Gasteiger partial charge in [-0.25, -0.2) is 0 Å². The van der Waals surface area contributed by atoms with Gasteiger partial charge in [0, 0.05) is 24.0 Å². The summed E-state index contributed by atoms with van der Waals surface area (Å²) in [5.41, 5.74) is 2.27. The minimum atomic E-state index is 0.0262. The number of aromatic nitrogens is 2. The number of anilines is 1. The second-order valence-corrected chi connectivity index (χ2v) is 5.55. The van der Waals surface area contributed by atoms with Crippen LogP contribution < -0.4 is 10.1 Å². The molecule has 4 heteroatoms. The molecular weight excluding hydrogens is 238 g/mol. The first-order chi connectivity index (χ1) is 8.99. The van der Waals surface area contributed by atoms with Crippen molar-refractivity contribution in [3.8, 4) is 5.75 Å². The topological polar surface area (TPSA) is 39.1 Å². The van der Waals surface area contributed by atoms with Crippen molar-refractivity contribution in [1.82, 2.24) is 9.78 Å². The molecule has 0 radical (unpaired) electrons. The van der Waals surface area contributed by atoms with E-state index in [1.54, 1.807) is 7.11 Å². The number of methoxy groups -OCH3 is 1. The molecule has 0 atom stereocenters. The molecule has 1 heterocycles. The molecule has 1 N–H and O–H groups in total. The van der Waals surface area contributed by atoms with Crippen LogP contribution in [0.25, 0.3) is 0 Å². The lowest BCUT2D eigenvalue weighted by Gasteiger charge is -2.18. The Bertz CT molecular complexity index is 523. The number of nitrogens with zero attached hydrogens (tertiary/aromatic N) is 2. The highest BCUT2D eigenvalue weighted by Gasteiger charge is 2.13. The molecule has 1 aromatic heterocycles. The number of hydrogen-bond donors (Lipinski definition) is 1. The molecule has 0 bridgehead atoms. The van der Waals surface area contributed by atoms with E-state index in [1.807, 2.05) is 35.1 Å². The van der Waals surface area contributed by atoms with Crippen LogP contribution in [0.1, 0.15) is 26.3 Å². The summed E-state index contributed by atoms with van der Waals surface area (Å²) in [5.74, 6) is 0.867. The van der Waals surface area contributed by atoms with Crippen molar-refractivity contribution < 1.29 is 4.74 Å². The first-order valence-electron chi connectivity index (χ1n) is 6.41. The van der Waals surface area contributed by atoms with Gasteiger partial charge >= 0.3 is 0 Å². The lowest BCUT2D eigenvalue weighted by atomic mass is 10.1. The van der Waals surface area contributed by atoms with E-state index >= 15 is 0 Å². The molecule has 1 aromatic carbocycles. The van der Waals surface area contributed by atoms with Crippen LogP contribution in [-0.4, -0.2) is 16.9 Å². The van der Waals surface area contributed by atoms with Gasteiger partial charge in [0.1, 0.15) is 5.75 Å². The van der Waals surface area contributed by atoms with Crippen LogP contribution in [0.15, 0.2) is 36.7 Å². The second kappa shape index (κ2) is 5.34. The highest BCUT2D eigenvalue weighted by molar-refractivity contribution is 5.46. The van der Waals surface area contributed by atoms with Crippen molar-refractivity contribution in [3.63, 3.8) is 0 Å². The number of hydrogen-bond acceptors (Lipinski definition) is 3. The Hall–Kier alpha value is -1.97. The molecule has 0 aliphatic rings. The van der Waals surface area contributed by atoms with Crippen molar-refractivity contribution in [2.45, 2.75) is 32.9 Å². The molecule has 0 amide bonds. The summed E-state index contributed by atoms with van der Waals surface area (Å²) < 4.78 is 7.12. The molecule has 102 valence electrons. The molecular formula is C15H21N3O. The largest absolute Gasteiger partial charge is 0.497 e. The molecule has 0 aliphatic carbocycles. The van der Waals surface area contributed by atoms with Crippen LogP contribution in [0.5, 0.6) is 5.75 Å². The number of rotatable bonds is 4. The normalized spacial score (nSPS) is 11.4. The Kier molecular flexibility index (Phi) is 3.79. The summed E-state index contributed by atoms with van der Waals surface area (Å²) in [4.78, 5) is 0. The molecule has 0 spiro atoms. The van der Waals surface area contributed by atoms with Gasteiger partial charge in [-0.05, 0) is 45.0 Å². The van der Waals surface area contributed by atoms with Crippen LogP contribution in [0.3, 0.4) is 0 Å². The SMILES string of the molecule is COc1ccc(NCc2cnn(C(C)(C)C)c2)cc1. The average Bonchev–Trinajstić information content (AvgIpc) is 2.86. The van der Waals surface area contributed by atoms with Crippen LogP contribution in [-0.2, 0) is 12.1 Å². The van der Waals surface area contributed by atoms with Crippen molar-refractivity contribution in [3.05, 3.63) is 42.2 Å². The molecule has 0 unspecified atom stereocenters. The number of nitrogens with one attached hydrogen (secondary N) is 1. The van der Waals surface area contributed by atoms with E-state index in [2.05, 4.69) is 37.4 Å². The molecule has 0 fully saturated rings. The van der Waals surface area contributed by atoms with E-state index < -0.39 is 0 Å². The van der Waals surface area contributed by atoms with Gasteiger partial charge in [-0.15, -0.1) is 0 Å². The Labute approximate surface area is 114 Å². The highest BCUT2D eigenvalue weighted by Crippen LogP contribution is 2.17. The summed E-state index contributed by atoms with van der Waals surface area (Å²) in [6.07, 6.45) is 3.98. The summed E-state index contributed by atoms with van der Waals surface area (Å²) in [7, 11) is 1.67. The van der Waals surface area contributed by atoms with E-state index in [4.69, 9.17) is 4.74 Å². The molecule has 19 heavy (non-hydrogen) atoms. The first kappa shape index (κ1) is 13.5. The van der Waals surface area contributed by atoms with Gasteiger partial charge in [-0.3, -0.25) is 4.68 Å². The van der Waals surface area contributed by atoms with Gasteiger partial charge in [0.05, 0.1) is 18.8 Å². The lowest BCUT2D eigenvalue weighted by Crippen LogP contribution is -2.21. The minimum Gasteiger partial charge on any atom is -0.497 e. The molecule has 0 saturated heterocycles. The van der Waals surface area contributed by atoms with Crippen LogP contribution in [0.2, 0.25) is 0 Å². The Morgan fingerprint density at radius 2 is 1.89 bits per heavy atom. The fourth-order valence-electron chi connectivity index (χ4n) is 1.73. The summed E-state index contributed by atoms with van der Waals surface area (Å²) in [6, 6.07) is 7.90. The van der Waals surface area contributed by atoms with Crippen LogP contribution in [0.4, 0.5) is 5.69 Å². The summed E-state index contributed by atoms with van der Waals surface area (Å²) in [5, 5.41) is 7.75. The van der Waals surface area contributed by atoms with Gasteiger partial charge in [0.15, 0.2) is 0 Å². The molecule has 0 aliphatic heterocycles. The minimum absolute atomic E-state index is 0.0262. The van der Waals surface area contributed by atoms with Crippen molar-refractivity contribution in [1.29, 1.82) is 0 Å². The molecule has 2 rings (SSSR count). The predicted octanol–water partition coefficient (Wildman–Crippen LogP) is 3.26. The monoisotopic (exact) mass is 259 g/mol. The maximum Gasteiger partial charge on any atom is 0.119 e. The van der Waals surface area contributed by atoms with Crippen molar-refractivity contribution in [2.24, 2.45) is 0 Å². The summed E-state index contributed by atoms with van der Waals surface area (Å²) >= 11 is 0. The third-order valence-electron chi connectivity index (χ3n) is 2.91. The highest BCUT2D eigenvalue weighted by atomic mass is 16.5. The number of benzene rings is 1. The maximum absolute atomic E-state index is 5.13. The van der Waals surface area contributed by atoms with Gasteiger partial charge in [-0.1, -0.05) is 0 Å². The molecule has 4 nitrogen and oxygen atoms in total. The van der Waals surface area contributed by atoms with Crippen molar-refractivity contribution >= 4 is 5.69 Å². The lowest BCUT2D eigenvalue weighted by molar-refractivity contribution is 0.355. The predicted molar refractivity (Wildman–Crippen MR) is 77.5 cm³/mol. The first-order valence-corrected chi connectivity index (χ1v) is 6.41. The molecule has 0 saturated carbocycles. The zero-order valence-corrected chi connectivity index (χ0v) is 12.0. The van der Waals surface area contributed by atoms with E-state index in [9.17, 15) is 0 Å². The fraction of sp³-hybridized carbons (Fsp3) is 0.400. The average molecular weight is 259 g/mol. The summed E-state index contributed by atoms with van der Waals surface area (Å²) in [6.45, 7) is 7.18. The third-order valence-corrected chi connectivity index (χ3v) is 2.91. The van der Waals surface area contributed by atoms with E-state index in [-0.39, 0.29) is 5.54 Å². The zero-order chi connectivity index (χ0) is 13.9. The Morgan fingerprint density at radius 1 is 1.21 bits per heavy atom. The van der Waals surface area contributed by atoms with Crippen LogP contribution in [0, 0.1) is 0 Å². The Balaban J connectivity index is 1.96. The van der Waals surface area contributed by atoms with Crippen LogP contribution >= 0.6 is 0 Å². The fourth-order valence-corrected chi connectivity index (χ4v) is 1.73. The van der Waals surface area contributed by atoms with Gasteiger partial charge < -0.3 is 10.1 Å². The third kappa shape index (κ3) is 3.50. The van der Waals surface area contributed by atoms with E-state index in [0.717, 1.165) is 18.0 Å². The maximum atomic E-state index is 5.13. The quantitative estimate of drug-likeness (QED) is 0.916. The standard InChI is InChI=1S/C15H21N3O/c1-15(2,3)18-11-12(10-17-18)9-16-13-5-7-14(19-4)8-6-13/h5-8,10-11,16H,9H2,1-4H3. The van der Waals surface area contributed by atoms with Gasteiger partial charge in [-0.2, -0.15) is 5.10 Å². The second-order valence-electron chi connectivity index (χ2n) is 5.55. The van der Waals surface area contributed by atoms with E-state index in [0.29, 0.717) is 0 Å². The number of ether oxygens (including phenoxy) is 1. The Morgan fingerprint density at radius 3 is 2.42 bits per heavy atom.